The van der Waals surface area contributed by atoms with Crippen LogP contribution in [0.2, 0.25) is 0 Å². The molecular formula is C5H7N2O2P. The number of hydrogen-bond donors (Lipinski definition) is 1. The van der Waals surface area contributed by atoms with Crippen molar-refractivity contribution >= 4 is 9.39 Å². The first kappa shape index (κ1) is 7.22. The van der Waals surface area contributed by atoms with E-state index in [9.17, 15) is 9.59 Å². The van der Waals surface area contributed by atoms with Crippen LogP contribution < -0.4 is 11.2 Å². The zero-order valence-corrected chi connectivity index (χ0v) is 6.57. The third kappa shape index (κ3) is 1.02. The fourth-order valence-corrected chi connectivity index (χ4v) is 0.862. The molecule has 1 N–H and O–H groups in total. The van der Waals surface area contributed by atoms with Crippen LogP contribution >= 0.6 is 9.39 Å². The summed E-state index contributed by atoms with van der Waals surface area (Å²) in [5.41, 5.74) is -0.177. The van der Waals surface area contributed by atoms with Crippen molar-refractivity contribution in [2.24, 2.45) is 0 Å². The maximum Gasteiger partial charge on any atom is 0.331 e. The summed E-state index contributed by atoms with van der Waals surface area (Å²) in [4.78, 5) is 24.0. The van der Waals surface area contributed by atoms with E-state index in [-0.39, 0.29) is 5.56 Å². The smallest absolute Gasteiger partial charge is 0.313 e. The van der Waals surface area contributed by atoms with Gasteiger partial charge in [0.15, 0.2) is 0 Å². The number of aryl methyl sites for hydroxylation is 1. The first-order chi connectivity index (χ1) is 4.63. The molecule has 4 nitrogen and oxygen atoms in total. The molecule has 0 aromatic carbocycles. The molecule has 1 atom stereocenters. The van der Waals surface area contributed by atoms with E-state index < -0.39 is 5.69 Å². The highest BCUT2D eigenvalue weighted by atomic mass is 31.0. The van der Waals surface area contributed by atoms with Gasteiger partial charge in [0.2, 0.25) is 0 Å². The molecule has 1 heterocycles. The molecule has 0 amide bonds. The fourth-order valence-electron chi connectivity index (χ4n) is 0.583. The summed E-state index contributed by atoms with van der Waals surface area (Å²) in [6.07, 6.45) is 1.39. The van der Waals surface area contributed by atoms with Crippen molar-refractivity contribution in [2.75, 3.05) is 0 Å². The lowest BCUT2D eigenvalue weighted by Crippen LogP contribution is -2.29. The predicted octanol–water partition coefficient (Wildman–Crippen LogP) is -0.517. The quantitative estimate of drug-likeness (QED) is 0.516. The Kier molecular flexibility index (Phi) is 1.72. The standard InChI is InChI=1S/C5H7N2O2P/c1-3-2-6-5(9)7(10)4(3)8/h2H,10H2,1H3,(H,6,9). The highest BCUT2D eigenvalue weighted by Crippen LogP contribution is 1.82. The van der Waals surface area contributed by atoms with Crippen LogP contribution in [0.1, 0.15) is 5.56 Å². The molecule has 0 saturated heterocycles. The molecule has 0 aliphatic heterocycles. The molecule has 5 heteroatoms. The maximum atomic E-state index is 10.9. The summed E-state index contributed by atoms with van der Waals surface area (Å²) >= 11 is 0. The highest BCUT2D eigenvalue weighted by Gasteiger charge is 1.96. The van der Waals surface area contributed by atoms with Gasteiger partial charge in [-0.1, -0.05) is 0 Å². The maximum absolute atomic E-state index is 10.9. The molecule has 0 saturated carbocycles. The van der Waals surface area contributed by atoms with E-state index in [0.29, 0.717) is 5.56 Å². The minimum Gasteiger partial charge on any atom is -0.313 e. The summed E-state index contributed by atoms with van der Waals surface area (Å²) in [6, 6.07) is 0. The van der Waals surface area contributed by atoms with Crippen molar-refractivity contribution in [3.05, 3.63) is 32.6 Å². The number of aromatic amines is 1. The Morgan fingerprint density at radius 1 is 1.60 bits per heavy atom. The summed E-state index contributed by atoms with van der Waals surface area (Å²) in [6.45, 7) is 1.64. The first-order valence-corrected chi connectivity index (χ1v) is 3.21. The molecule has 1 aromatic heterocycles. The van der Waals surface area contributed by atoms with Crippen LogP contribution in [0, 0.1) is 6.92 Å². The van der Waals surface area contributed by atoms with Gasteiger partial charge in [-0.3, -0.25) is 4.79 Å². The lowest BCUT2D eigenvalue weighted by Gasteiger charge is -1.94. The molecule has 0 bridgehead atoms. The fraction of sp³-hybridized carbons (Fsp3) is 0.200. The lowest BCUT2D eigenvalue weighted by atomic mass is 10.4. The van der Waals surface area contributed by atoms with Crippen molar-refractivity contribution in [3.8, 4) is 0 Å². The van der Waals surface area contributed by atoms with Gasteiger partial charge in [-0.15, -0.1) is 0 Å². The Hall–Kier alpha value is -0.890. The number of nitrogens with one attached hydrogen (secondary N) is 1. The van der Waals surface area contributed by atoms with Gasteiger partial charge in [0.05, 0.1) is 0 Å². The van der Waals surface area contributed by atoms with Crippen molar-refractivity contribution in [3.63, 3.8) is 0 Å². The van der Waals surface area contributed by atoms with Gasteiger partial charge < -0.3 is 4.98 Å². The Balaban J connectivity index is 3.66. The van der Waals surface area contributed by atoms with Crippen LogP contribution in [-0.2, 0) is 0 Å². The lowest BCUT2D eigenvalue weighted by molar-refractivity contribution is 0.955. The number of H-pyrrole nitrogens is 1. The summed E-state index contributed by atoms with van der Waals surface area (Å²) in [7, 11) is 2.04. The van der Waals surface area contributed by atoms with E-state index >= 15 is 0 Å². The monoisotopic (exact) mass is 158 g/mol. The second-order valence-electron chi connectivity index (χ2n) is 1.95. The van der Waals surface area contributed by atoms with Crippen LogP contribution in [0.5, 0.6) is 0 Å². The van der Waals surface area contributed by atoms with Gasteiger partial charge in [-0.2, -0.15) is 0 Å². The second-order valence-corrected chi connectivity index (χ2v) is 2.47. The normalized spacial score (nSPS) is 9.80. The van der Waals surface area contributed by atoms with Crippen LogP contribution in [0.15, 0.2) is 15.8 Å². The molecular weight excluding hydrogens is 151 g/mol. The molecule has 0 aliphatic carbocycles. The molecule has 10 heavy (non-hydrogen) atoms. The zero-order valence-electron chi connectivity index (χ0n) is 5.42. The third-order valence-corrected chi connectivity index (χ3v) is 1.66. The minimum atomic E-state index is -0.416. The molecule has 1 aromatic rings. The van der Waals surface area contributed by atoms with Crippen LogP contribution in [0.25, 0.3) is 0 Å². The first-order valence-electron chi connectivity index (χ1n) is 2.69. The van der Waals surface area contributed by atoms with Gasteiger partial charge in [0.25, 0.3) is 5.56 Å². The van der Waals surface area contributed by atoms with Crippen molar-refractivity contribution < 1.29 is 0 Å². The second kappa shape index (κ2) is 2.39. The van der Waals surface area contributed by atoms with Crippen LogP contribution in [0.3, 0.4) is 0 Å². The number of rotatable bonds is 0. The number of hydrogen-bond acceptors (Lipinski definition) is 2. The topological polar surface area (TPSA) is 54.9 Å². The highest BCUT2D eigenvalue weighted by molar-refractivity contribution is 7.14. The van der Waals surface area contributed by atoms with E-state index in [0.717, 1.165) is 4.34 Å². The van der Waals surface area contributed by atoms with E-state index in [4.69, 9.17) is 0 Å². The van der Waals surface area contributed by atoms with Gasteiger partial charge in [0.1, 0.15) is 0 Å². The molecule has 0 fully saturated rings. The largest absolute Gasteiger partial charge is 0.331 e. The molecule has 0 radical (unpaired) electrons. The molecule has 0 aliphatic rings. The summed E-state index contributed by atoms with van der Waals surface area (Å²) in [5, 5.41) is 0. The van der Waals surface area contributed by atoms with E-state index in [1.54, 1.807) is 6.92 Å². The Bertz CT molecular complexity index is 351. The van der Waals surface area contributed by atoms with Crippen molar-refractivity contribution in [2.45, 2.75) is 6.92 Å². The molecule has 0 spiro atoms. The summed E-state index contributed by atoms with van der Waals surface area (Å²) < 4.78 is 0.954. The average molecular weight is 158 g/mol. The summed E-state index contributed by atoms with van der Waals surface area (Å²) in [5.74, 6) is 0. The van der Waals surface area contributed by atoms with Gasteiger partial charge >= 0.3 is 5.69 Å². The van der Waals surface area contributed by atoms with E-state index in [1.165, 1.54) is 6.20 Å². The Morgan fingerprint density at radius 2 is 2.20 bits per heavy atom. The molecule has 1 unspecified atom stereocenters. The zero-order chi connectivity index (χ0) is 7.72. The van der Waals surface area contributed by atoms with Gasteiger partial charge in [-0.05, 0) is 16.3 Å². The average Bonchev–Trinajstić information content (AvgIpc) is 1.93. The number of aromatic nitrogens is 2. The van der Waals surface area contributed by atoms with Crippen molar-refractivity contribution in [1.29, 1.82) is 0 Å². The van der Waals surface area contributed by atoms with Crippen LogP contribution in [-0.4, -0.2) is 9.32 Å². The van der Waals surface area contributed by atoms with Crippen molar-refractivity contribution in [1.82, 2.24) is 9.32 Å². The van der Waals surface area contributed by atoms with E-state index in [1.807, 2.05) is 9.39 Å². The minimum absolute atomic E-state index is 0.284. The van der Waals surface area contributed by atoms with E-state index in [2.05, 4.69) is 4.98 Å². The molecule has 1 rings (SSSR count). The number of nitrogens with zero attached hydrogens (tertiary/aromatic N) is 1. The SMILES string of the molecule is Cc1c[nH]c(=O)n(P)c1=O. The Morgan fingerprint density at radius 3 is 2.70 bits per heavy atom. The molecule has 54 valence electrons. The van der Waals surface area contributed by atoms with Crippen LogP contribution in [0.4, 0.5) is 0 Å². The Labute approximate surface area is 59.2 Å². The van der Waals surface area contributed by atoms with Gasteiger partial charge in [0, 0.05) is 11.8 Å². The third-order valence-electron chi connectivity index (χ3n) is 1.19. The predicted molar refractivity (Wildman–Crippen MR) is 41.2 cm³/mol. The van der Waals surface area contributed by atoms with Gasteiger partial charge in [-0.25, -0.2) is 9.13 Å².